The molecular weight excluding hydrogens is 983 g/mol. The predicted molar refractivity (Wildman–Crippen MR) is 337 cm³/mol. The molecule has 13 aromatic rings. The Balaban J connectivity index is 0.909. The van der Waals surface area contributed by atoms with E-state index in [1.165, 1.54) is 60.5 Å². The van der Waals surface area contributed by atoms with E-state index in [2.05, 4.69) is 235 Å². The molecule has 2 aromatic heterocycles. The molecule has 17 rings (SSSR count). The van der Waals surface area contributed by atoms with E-state index in [1.807, 2.05) is 12.1 Å². The molecule has 11 aromatic carbocycles. The molecule has 0 atom stereocenters. The molecule has 0 fully saturated rings. The lowest BCUT2D eigenvalue weighted by Crippen LogP contribution is -2.64. The Kier molecular flexibility index (Phi) is 9.58. The van der Waals surface area contributed by atoms with Crippen molar-refractivity contribution in [2.75, 3.05) is 20.8 Å². The molecule has 4 aliphatic rings. The molecule has 0 bridgehead atoms. The molecule has 0 amide bonds. The molecule has 0 saturated heterocycles. The van der Waals surface area contributed by atoms with Gasteiger partial charge in [0.1, 0.15) is 33.8 Å². The maximum absolute atomic E-state index is 7.30. The van der Waals surface area contributed by atoms with Gasteiger partial charge in [-0.25, -0.2) is 0 Å². The van der Waals surface area contributed by atoms with E-state index in [1.54, 1.807) is 11.9 Å². The first-order valence-electron chi connectivity index (χ1n) is 27.2. The van der Waals surface area contributed by atoms with E-state index in [4.69, 9.17) is 13.6 Å². The topological polar surface area (TPSA) is 54.0 Å². The minimum absolute atomic E-state index is 0.0806. The van der Waals surface area contributed by atoms with Gasteiger partial charge in [-0.15, -0.1) is 0 Å². The van der Waals surface area contributed by atoms with Crippen molar-refractivity contribution in [3.8, 4) is 33.8 Å². The zero-order valence-electron chi connectivity index (χ0n) is 43.6. The van der Waals surface area contributed by atoms with E-state index in [0.717, 1.165) is 119 Å². The van der Waals surface area contributed by atoms with Crippen molar-refractivity contribution in [2.45, 2.75) is 13.8 Å². The van der Waals surface area contributed by atoms with Crippen molar-refractivity contribution >= 4 is 160 Å². The van der Waals surface area contributed by atoms with Crippen molar-refractivity contribution in [2.24, 2.45) is 0 Å². The Morgan fingerprint density at radius 2 is 1.09 bits per heavy atom. The molecule has 6 nitrogen and oxygen atoms in total. The number of rotatable bonds is 6. The molecule has 4 aliphatic heterocycles. The van der Waals surface area contributed by atoms with Crippen LogP contribution in [0.1, 0.15) is 11.1 Å². The summed E-state index contributed by atoms with van der Waals surface area (Å²) in [4.78, 5) is 2.46. The molecule has 6 heterocycles. The molecule has 10 heteroatoms. The first-order chi connectivity index (χ1) is 38.9. The Hall–Kier alpha value is -9.24. The van der Waals surface area contributed by atoms with Gasteiger partial charge in [0.05, 0.1) is 5.69 Å². The number of nitrogens with zero attached hydrogens (tertiary/aromatic N) is 2. The van der Waals surface area contributed by atoms with Crippen LogP contribution in [-0.2, 0) is 0 Å². The van der Waals surface area contributed by atoms with Crippen LogP contribution in [0.15, 0.2) is 221 Å². The largest absolute Gasteiger partial charge is 0.458 e. The number of furan rings is 2. The van der Waals surface area contributed by atoms with Gasteiger partial charge in [0, 0.05) is 73.1 Å². The van der Waals surface area contributed by atoms with Crippen molar-refractivity contribution in [1.29, 1.82) is 0 Å². The average Bonchev–Trinajstić information content (AvgIpc) is 4.09. The van der Waals surface area contributed by atoms with Crippen molar-refractivity contribution in [1.82, 2.24) is 0 Å². The highest BCUT2D eigenvalue weighted by Gasteiger charge is 2.46. The number of anilines is 7. The summed E-state index contributed by atoms with van der Waals surface area (Å²) in [6.45, 7) is 4.25. The molecule has 0 saturated carbocycles. The average molecular weight is 1030 g/mol. The zero-order chi connectivity index (χ0) is 52.2. The van der Waals surface area contributed by atoms with Crippen LogP contribution in [0, 0.1) is 13.8 Å². The second-order valence-corrected chi connectivity index (χ2v) is 22.4. The molecule has 0 unspecified atom stereocenters. The van der Waals surface area contributed by atoms with Crippen LogP contribution in [-0.4, -0.2) is 27.0 Å². The Bertz CT molecular complexity index is 4780. The highest BCUT2D eigenvalue weighted by Crippen LogP contribution is 2.48. The van der Waals surface area contributed by atoms with Crippen LogP contribution >= 0.6 is 11.9 Å². The van der Waals surface area contributed by atoms with Crippen LogP contribution in [0.3, 0.4) is 0 Å². The molecule has 0 radical (unpaired) electrons. The lowest BCUT2D eigenvalue weighted by molar-refractivity contribution is 0.487. The molecule has 370 valence electrons. The van der Waals surface area contributed by atoms with Crippen LogP contribution in [0.2, 0.25) is 0 Å². The lowest BCUT2D eigenvalue weighted by Gasteiger charge is -2.43. The SMILES string of the molecule is CSN1c2cc3c(cc2B2c4cc(Bc5ccccc5C)c(C)cc4Oc4cc(-c5cccc6c5oc5ccccc56)cc1c42)B1c2ccccc2N(c2ccccc2)c2cc(-c4cccc5c4oc4ccccc45)cc(c21)N3. The fourth-order valence-corrected chi connectivity index (χ4v) is 14.5. The summed E-state index contributed by atoms with van der Waals surface area (Å²) in [5.74, 6) is 1.76. The standard InChI is InChI=1S/C69H46B3N3O3S/c1-39-17-7-10-26-50(39)70-51-36-55-64(31-40(51)2)76-65-35-42(45-23-16-25-49-47-21-9-14-30-63(47)78-69(45)49)34-61-67(65)72(55)54-37-53-56(38-59(54)75(61)79-3)73-57-32-41(44-22-15-24-48-46-20-8-13-29-62(46)77-68(44)48)33-60-66(57)71(53)52-27-11-12-28-58(52)74(60)43-18-5-4-6-19-43/h4-38,70,73H,1-3H3. The number of nitrogens with one attached hydrogen (secondary N) is 1. The third-order valence-electron chi connectivity index (χ3n) is 17.4. The van der Waals surface area contributed by atoms with E-state index < -0.39 is 0 Å². The Labute approximate surface area is 462 Å². The fourth-order valence-electron chi connectivity index (χ4n) is 13.8. The number of aryl methyl sites for hydroxylation is 2. The fraction of sp³-hybridized carbons (Fsp3) is 0.0435. The number of para-hydroxylation sites is 6. The maximum Gasteiger partial charge on any atom is 0.256 e. The Morgan fingerprint density at radius 1 is 0.443 bits per heavy atom. The highest BCUT2D eigenvalue weighted by molar-refractivity contribution is 8.00. The Morgan fingerprint density at radius 3 is 1.84 bits per heavy atom. The molecule has 1 N–H and O–H groups in total. The van der Waals surface area contributed by atoms with E-state index in [9.17, 15) is 0 Å². The van der Waals surface area contributed by atoms with Crippen LogP contribution in [0.5, 0.6) is 11.5 Å². The predicted octanol–water partition coefficient (Wildman–Crippen LogP) is 12.5. The van der Waals surface area contributed by atoms with Gasteiger partial charge in [-0.3, -0.25) is 4.31 Å². The van der Waals surface area contributed by atoms with Gasteiger partial charge in [-0.05, 0) is 136 Å². The maximum atomic E-state index is 7.30. The first-order valence-corrected chi connectivity index (χ1v) is 28.4. The number of ether oxygens (including phenoxy) is 1. The van der Waals surface area contributed by atoms with Crippen molar-refractivity contribution < 1.29 is 13.6 Å². The van der Waals surface area contributed by atoms with Gasteiger partial charge in [-0.2, -0.15) is 0 Å². The van der Waals surface area contributed by atoms with Crippen LogP contribution in [0.25, 0.3) is 66.1 Å². The number of benzene rings is 11. The van der Waals surface area contributed by atoms with Crippen molar-refractivity contribution in [3.63, 3.8) is 0 Å². The summed E-state index contributed by atoms with van der Waals surface area (Å²) in [5.41, 5.74) is 28.1. The smallest absolute Gasteiger partial charge is 0.256 e. The second-order valence-electron chi connectivity index (χ2n) is 21.6. The summed E-state index contributed by atoms with van der Waals surface area (Å²) in [5, 5.41) is 8.59. The van der Waals surface area contributed by atoms with Gasteiger partial charge in [0.2, 0.25) is 0 Å². The molecule has 79 heavy (non-hydrogen) atoms. The van der Waals surface area contributed by atoms with Gasteiger partial charge in [0.25, 0.3) is 13.4 Å². The summed E-state index contributed by atoms with van der Waals surface area (Å²) < 4.78 is 23.2. The van der Waals surface area contributed by atoms with E-state index in [0.29, 0.717) is 0 Å². The molecule has 0 spiro atoms. The van der Waals surface area contributed by atoms with Crippen molar-refractivity contribution in [3.05, 3.63) is 223 Å². The summed E-state index contributed by atoms with van der Waals surface area (Å²) in [6, 6.07) is 77.5. The third kappa shape index (κ3) is 6.52. The number of hydrogen-bond acceptors (Lipinski definition) is 7. The number of fused-ring (bicyclic) bond motifs is 14. The molecule has 0 aliphatic carbocycles. The van der Waals surface area contributed by atoms with Crippen LogP contribution in [0.4, 0.5) is 39.8 Å². The van der Waals surface area contributed by atoms with E-state index >= 15 is 0 Å². The minimum atomic E-state index is -0.128. The summed E-state index contributed by atoms with van der Waals surface area (Å²) in [6.07, 6.45) is 2.19. The van der Waals surface area contributed by atoms with Gasteiger partial charge >= 0.3 is 0 Å². The lowest BCUT2D eigenvalue weighted by atomic mass is 9.30. The summed E-state index contributed by atoms with van der Waals surface area (Å²) in [7, 11) is 0.833. The normalized spacial score (nSPS) is 13.4. The highest BCUT2D eigenvalue weighted by atomic mass is 32.2. The zero-order valence-corrected chi connectivity index (χ0v) is 44.4. The second kappa shape index (κ2) is 16.9. The van der Waals surface area contributed by atoms with Crippen LogP contribution < -0.4 is 63.0 Å². The summed E-state index contributed by atoms with van der Waals surface area (Å²) >= 11 is 1.73. The third-order valence-corrected chi connectivity index (χ3v) is 18.1. The molecular formula is C69H46B3N3O3S. The minimum Gasteiger partial charge on any atom is -0.458 e. The van der Waals surface area contributed by atoms with E-state index in [-0.39, 0.29) is 13.4 Å². The van der Waals surface area contributed by atoms with Gasteiger partial charge in [-0.1, -0.05) is 168 Å². The first kappa shape index (κ1) is 44.8. The van der Waals surface area contributed by atoms with Gasteiger partial charge < -0.3 is 23.8 Å². The quantitative estimate of drug-likeness (QED) is 0.132. The monoisotopic (exact) mass is 1030 g/mol. The number of hydrogen-bond donors (Lipinski definition) is 1. The van der Waals surface area contributed by atoms with Gasteiger partial charge in [0.15, 0.2) is 7.28 Å².